The number of amides is 2. The van der Waals surface area contributed by atoms with Crippen molar-refractivity contribution in [2.24, 2.45) is 11.7 Å². The van der Waals surface area contributed by atoms with Crippen LogP contribution in [0.1, 0.15) is 36.8 Å². The van der Waals surface area contributed by atoms with Crippen molar-refractivity contribution < 1.29 is 58.6 Å². The second-order valence-electron chi connectivity index (χ2n) is 11.0. The number of carbonyl (C=O) groups excluding carboxylic acids is 2. The molecule has 44 heavy (non-hydrogen) atoms. The average molecular weight is 654 g/mol. The van der Waals surface area contributed by atoms with Gasteiger partial charge in [0.25, 0.3) is 15.6 Å². The zero-order valence-electron chi connectivity index (χ0n) is 22.5. The highest BCUT2D eigenvalue weighted by Crippen LogP contribution is 2.51. The van der Waals surface area contributed by atoms with Crippen LogP contribution in [0.25, 0.3) is 0 Å². The predicted molar refractivity (Wildman–Crippen MR) is 138 cm³/mol. The molecular formula is C27H26F7N3O6S. The van der Waals surface area contributed by atoms with Gasteiger partial charge >= 0.3 is 12.4 Å². The van der Waals surface area contributed by atoms with Gasteiger partial charge in [0.1, 0.15) is 5.82 Å². The molecule has 2 saturated heterocycles. The fraction of sp³-hybridized carbons (Fsp3) is 0.481. The molecule has 0 radical (unpaired) electrons. The van der Waals surface area contributed by atoms with Crippen molar-refractivity contribution in [1.82, 2.24) is 5.32 Å². The number of fused-ring (bicyclic) bond motifs is 3. The molecule has 2 bridgehead atoms. The molecular weight excluding hydrogens is 627 g/mol. The smallest absolute Gasteiger partial charge is 0.372 e. The summed E-state index contributed by atoms with van der Waals surface area (Å²) in [7, 11) is -4.67. The third-order valence-corrected chi connectivity index (χ3v) is 10.2. The molecule has 2 aromatic carbocycles. The summed E-state index contributed by atoms with van der Waals surface area (Å²) in [5, 5.41) is 12.6. The highest BCUT2D eigenvalue weighted by atomic mass is 32.2. The lowest BCUT2D eigenvalue weighted by molar-refractivity contribution is -0.376. The van der Waals surface area contributed by atoms with E-state index in [1.165, 1.54) is 0 Å². The lowest BCUT2D eigenvalue weighted by Crippen LogP contribution is -2.54. The molecule has 0 saturated carbocycles. The number of primary amides is 1. The molecule has 5 rings (SSSR count). The number of rotatable bonds is 7. The number of nitrogens with one attached hydrogen (secondary N) is 1. The summed E-state index contributed by atoms with van der Waals surface area (Å²) in [6, 6.07) is 3.00. The summed E-state index contributed by atoms with van der Waals surface area (Å²) >= 11 is 0. The Morgan fingerprint density at radius 1 is 0.977 bits per heavy atom. The van der Waals surface area contributed by atoms with Gasteiger partial charge in [-0.3, -0.25) is 13.9 Å². The predicted octanol–water partition coefficient (Wildman–Crippen LogP) is 3.19. The number of nitrogens with zero attached hydrogens (tertiary/aromatic N) is 1. The first-order valence-electron chi connectivity index (χ1n) is 13.4. The number of nitrogens with two attached hydrogens (primary N) is 1. The number of alkyl halides is 6. The van der Waals surface area contributed by atoms with Crippen molar-refractivity contribution in [2.45, 2.75) is 79.2 Å². The molecule has 5 unspecified atom stereocenters. The number of ether oxygens (including phenoxy) is 1. The minimum atomic E-state index is -6.17. The highest BCUT2D eigenvalue weighted by molar-refractivity contribution is 7.92. The van der Waals surface area contributed by atoms with Gasteiger partial charge in [-0.05, 0) is 61.6 Å². The Morgan fingerprint density at radius 3 is 2.18 bits per heavy atom. The minimum Gasteiger partial charge on any atom is -0.372 e. The number of halogens is 7. The summed E-state index contributed by atoms with van der Waals surface area (Å²) in [6.07, 6.45) is -13.2. The highest BCUT2D eigenvalue weighted by Gasteiger charge is 2.71. The topological polar surface area (TPSA) is 139 Å². The quantitative estimate of drug-likeness (QED) is 0.393. The Bertz CT molecular complexity index is 1550. The van der Waals surface area contributed by atoms with Crippen molar-refractivity contribution in [2.75, 3.05) is 4.31 Å². The Hall–Kier alpha value is -3.44. The van der Waals surface area contributed by atoms with Gasteiger partial charge < -0.3 is 20.9 Å². The number of aliphatic hydroxyl groups is 1. The van der Waals surface area contributed by atoms with Crippen LogP contribution in [0, 0.1) is 11.7 Å². The lowest BCUT2D eigenvalue weighted by atomic mass is 9.83. The maximum absolute atomic E-state index is 13.8. The van der Waals surface area contributed by atoms with Gasteiger partial charge in [0.05, 0.1) is 40.8 Å². The van der Waals surface area contributed by atoms with Gasteiger partial charge in [-0.15, -0.1) is 0 Å². The summed E-state index contributed by atoms with van der Waals surface area (Å²) in [5.41, 5.74) is -1.92. The van der Waals surface area contributed by atoms with E-state index >= 15 is 0 Å². The molecule has 9 nitrogen and oxygen atoms in total. The third-order valence-electron chi connectivity index (χ3n) is 8.35. The van der Waals surface area contributed by atoms with Crippen LogP contribution in [0.4, 0.5) is 36.4 Å². The first-order chi connectivity index (χ1) is 20.4. The van der Waals surface area contributed by atoms with Gasteiger partial charge in [0.2, 0.25) is 11.8 Å². The average Bonchev–Trinajstić information content (AvgIpc) is 3.53. The number of benzene rings is 2. The SMILES string of the molecule is NC(=O)C1C2CCC(O2)C1NC(=O)CC1CCc2cc(C(O)(C(F)(F)F)C(F)(F)F)ccc2N1S(=O)(=O)c1ccc(F)cc1. The van der Waals surface area contributed by atoms with E-state index in [2.05, 4.69) is 5.32 Å². The molecule has 2 amide bonds. The summed E-state index contributed by atoms with van der Waals surface area (Å²) in [6.45, 7) is 0. The second-order valence-corrected chi connectivity index (χ2v) is 12.8. The van der Waals surface area contributed by atoms with Crippen molar-refractivity contribution in [3.8, 4) is 0 Å². The van der Waals surface area contributed by atoms with E-state index in [9.17, 15) is 53.8 Å². The van der Waals surface area contributed by atoms with Crippen molar-refractivity contribution in [3.05, 3.63) is 59.4 Å². The zero-order chi connectivity index (χ0) is 32.4. The van der Waals surface area contributed by atoms with Crippen LogP contribution in [0.3, 0.4) is 0 Å². The number of anilines is 1. The summed E-state index contributed by atoms with van der Waals surface area (Å²) in [4.78, 5) is 24.8. The van der Waals surface area contributed by atoms with E-state index in [0.717, 1.165) is 24.3 Å². The normalized spacial score (nSPS) is 25.5. The van der Waals surface area contributed by atoms with Crippen LogP contribution < -0.4 is 15.4 Å². The number of carbonyl (C=O) groups is 2. The van der Waals surface area contributed by atoms with Crippen LogP contribution in [0.15, 0.2) is 47.4 Å². The lowest BCUT2D eigenvalue weighted by Gasteiger charge is -2.39. The number of hydrogen-bond acceptors (Lipinski definition) is 6. The molecule has 5 atom stereocenters. The monoisotopic (exact) mass is 653 g/mol. The van der Waals surface area contributed by atoms with E-state index in [0.29, 0.717) is 35.3 Å². The maximum Gasteiger partial charge on any atom is 0.430 e. The summed E-state index contributed by atoms with van der Waals surface area (Å²) < 4.78 is 129. The molecule has 0 spiro atoms. The molecule has 0 aromatic heterocycles. The molecule has 3 aliphatic rings. The zero-order valence-corrected chi connectivity index (χ0v) is 23.3. The first kappa shape index (κ1) is 32.0. The van der Waals surface area contributed by atoms with Crippen molar-refractivity contribution in [3.63, 3.8) is 0 Å². The number of aryl methyl sites for hydroxylation is 1. The molecule has 3 heterocycles. The summed E-state index contributed by atoms with van der Waals surface area (Å²) in [5.74, 6) is -2.99. The fourth-order valence-electron chi connectivity index (χ4n) is 6.26. The molecule has 2 fully saturated rings. The maximum atomic E-state index is 13.8. The van der Waals surface area contributed by atoms with Crippen LogP contribution in [-0.2, 0) is 36.4 Å². The van der Waals surface area contributed by atoms with Crippen LogP contribution in [0.5, 0.6) is 0 Å². The first-order valence-corrected chi connectivity index (χ1v) is 14.8. The van der Waals surface area contributed by atoms with Crippen LogP contribution >= 0.6 is 0 Å². The van der Waals surface area contributed by atoms with Gasteiger partial charge in [-0.25, -0.2) is 12.8 Å². The Morgan fingerprint density at radius 2 is 1.59 bits per heavy atom. The fourth-order valence-corrected chi connectivity index (χ4v) is 7.98. The van der Waals surface area contributed by atoms with Crippen LogP contribution in [-0.4, -0.2) is 62.0 Å². The van der Waals surface area contributed by atoms with E-state index < -0.39 is 92.7 Å². The Balaban J connectivity index is 1.52. The van der Waals surface area contributed by atoms with Gasteiger partial charge in [-0.2, -0.15) is 26.3 Å². The number of hydrogen-bond donors (Lipinski definition) is 3. The van der Waals surface area contributed by atoms with Gasteiger partial charge in [0.15, 0.2) is 0 Å². The van der Waals surface area contributed by atoms with Crippen molar-refractivity contribution >= 4 is 27.5 Å². The molecule has 2 aromatic rings. The van der Waals surface area contributed by atoms with E-state index in [1.807, 2.05) is 0 Å². The van der Waals surface area contributed by atoms with Gasteiger partial charge in [-0.1, -0.05) is 12.1 Å². The molecule has 4 N–H and O–H groups in total. The molecule has 0 aliphatic carbocycles. The largest absolute Gasteiger partial charge is 0.430 e. The van der Waals surface area contributed by atoms with Crippen molar-refractivity contribution in [1.29, 1.82) is 0 Å². The van der Waals surface area contributed by atoms with Crippen LogP contribution in [0.2, 0.25) is 0 Å². The molecule has 3 aliphatic heterocycles. The molecule has 240 valence electrons. The Kier molecular flexibility index (Phi) is 7.90. The minimum absolute atomic E-state index is 0.229. The van der Waals surface area contributed by atoms with E-state index in [-0.39, 0.29) is 24.1 Å². The van der Waals surface area contributed by atoms with E-state index in [1.54, 1.807) is 0 Å². The van der Waals surface area contributed by atoms with E-state index in [4.69, 9.17) is 10.5 Å². The van der Waals surface area contributed by atoms with Gasteiger partial charge in [0, 0.05) is 12.0 Å². The Labute approximate surface area is 246 Å². The third kappa shape index (κ3) is 5.27. The second kappa shape index (κ2) is 10.9. The number of sulfonamides is 1. The molecule has 17 heteroatoms. The standard InChI is InChI=1S/C27H26F7N3O6S/c28-15-3-6-17(7-4-15)44(41,42)37-16(12-21(38)36-23-20-10-9-19(43-20)22(23)24(35)39)5-1-13-11-14(2-8-18(13)37)25(40,26(29,30)31)27(32,33)34/h2-4,6-8,11,16,19-20,22-23,40H,1,5,9-10,12H2,(H2,35,39)(H,36,38).